The van der Waals surface area contributed by atoms with Gasteiger partial charge < -0.3 is 4.74 Å². The van der Waals surface area contributed by atoms with Gasteiger partial charge in [0.05, 0.1) is 10.4 Å². The molecule has 0 fully saturated rings. The minimum absolute atomic E-state index is 0.321. The molecule has 1 aromatic rings. The molecule has 0 N–H and O–H groups in total. The van der Waals surface area contributed by atoms with E-state index in [1.807, 2.05) is 6.92 Å². The highest BCUT2D eigenvalue weighted by atomic mass is 32.1. The fourth-order valence-corrected chi connectivity index (χ4v) is 1.30. The second-order valence-corrected chi connectivity index (χ2v) is 2.97. The summed E-state index contributed by atoms with van der Waals surface area (Å²) in [6.45, 7) is 3.38. The van der Waals surface area contributed by atoms with Crippen molar-refractivity contribution in [2.75, 3.05) is 0 Å². The van der Waals surface area contributed by atoms with Crippen molar-refractivity contribution in [1.29, 1.82) is 0 Å². The molecule has 0 aliphatic rings. The third-order valence-corrected chi connectivity index (χ3v) is 2.05. The van der Waals surface area contributed by atoms with Gasteiger partial charge in [0.2, 0.25) is 5.88 Å². The van der Waals surface area contributed by atoms with Gasteiger partial charge in [-0.2, -0.15) is 0 Å². The smallest absolute Gasteiger partial charge is 0.309 e. The van der Waals surface area contributed by atoms with Crippen LogP contribution in [0.15, 0.2) is 5.38 Å². The zero-order valence-corrected chi connectivity index (χ0v) is 7.27. The van der Waals surface area contributed by atoms with Crippen LogP contribution in [0.1, 0.15) is 18.9 Å². The van der Waals surface area contributed by atoms with E-state index < -0.39 is 0 Å². The van der Waals surface area contributed by atoms with Crippen molar-refractivity contribution in [3.05, 3.63) is 10.4 Å². The van der Waals surface area contributed by atoms with E-state index in [0.29, 0.717) is 5.88 Å². The van der Waals surface area contributed by atoms with Crippen molar-refractivity contribution >= 4 is 17.3 Å². The van der Waals surface area contributed by atoms with Gasteiger partial charge in [0.1, 0.15) is 0 Å². The first-order valence-electron chi connectivity index (χ1n) is 3.35. The number of rotatable bonds is 2. The summed E-state index contributed by atoms with van der Waals surface area (Å²) in [5.41, 5.74) is 0. The number of esters is 1. The molecular formula is C7H9NO2S. The molecule has 1 heterocycles. The highest BCUT2D eigenvalue weighted by Crippen LogP contribution is 2.16. The highest BCUT2D eigenvalue weighted by molar-refractivity contribution is 7.09. The van der Waals surface area contributed by atoms with Gasteiger partial charge in [-0.05, 0) is 6.42 Å². The van der Waals surface area contributed by atoms with Crippen LogP contribution in [-0.2, 0) is 11.2 Å². The van der Waals surface area contributed by atoms with E-state index in [0.717, 1.165) is 11.4 Å². The van der Waals surface area contributed by atoms with Crippen molar-refractivity contribution in [2.45, 2.75) is 20.3 Å². The number of carbonyl (C=O) groups is 1. The fourth-order valence-electron chi connectivity index (χ4n) is 0.651. The van der Waals surface area contributed by atoms with Gasteiger partial charge in [0.25, 0.3) is 0 Å². The monoisotopic (exact) mass is 171 g/mol. The lowest BCUT2D eigenvalue weighted by Gasteiger charge is -1.91. The largest absolute Gasteiger partial charge is 0.407 e. The van der Waals surface area contributed by atoms with E-state index in [2.05, 4.69) is 4.98 Å². The predicted molar refractivity (Wildman–Crippen MR) is 42.8 cm³/mol. The standard InChI is InChI=1S/C7H9NO2S/c1-3-7-8-6(4-11-7)10-5(2)9/h4H,3H2,1-2H3. The number of hydrogen-bond acceptors (Lipinski definition) is 4. The molecule has 0 spiro atoms. The first-order chi connectivity index (χ1) is 5.22. The van der Waals surface area contributed by atoms with Crippen molar-refractivity contribution < 1.29 is 9.53 Å². The highest BCUT2D eigenvalue weighted by Gasteiger charge is 2.02. The lowest BCUT2D eigenvalue weighted by Crippen LogP contribution is -2.01. The number of hydrogen-bond donors (Lipinski definition) is 0. The molecule has 4 heteroatoms. The second-order valence-electron chi connectivity index (χ2n) is 2.03. The van der Waals surface area contributed by atoms with Crippen molar-refractivity contribution in [2.24, 2.45) is 0 Å². The molecule has 0 saturated carbocycles. The van der Waals surface area contributed by atoms with Crippen LogP contribution < -0.4 is 4.74 Å². The number of carbonyl (C=O) groups excluding carboxylic acids is 1. The summed E-state index contributed by atoms with van der Waals surface area (Å²) in [6, 6.07) is 0. The van der Waals surface area contributed by atoms with Crippen molar-refractivity contribution in [3.63, 3.8) is 0 Å². The first kappa shape index (κ1) is 8.20. The maximum Gasteiger partial charge on any atom is 0.309 e. The number of thiazole rings is 1. The number of aromatic nitrogens is 1. The topological polar surface area (TPSA) is 39.2 Å². The predicted octanol–water partition coefficient (Wildman–Crippen LogP) is 1.63. The van der Waals surface area contributed by atoms with Crippen molar-refractivity contribution in [3.8, 4) is 5.88 Å². The third kappa shape index (κ3) is 2.31. The Balaban J connectivity index is 2.65. The van der Waals surface area contributed by atoms with E-state index in [1.54, 1.807) is 5.38 Å². The van der Waals surface area contributed by atoms with E-state index in [9.17, 15) is 4.79 Å². The Labute approximate surface area is 69.0 Å². The maximum absolute atomic E-state index is 10.5. The van der Waals surface area contributed by atoms with Crippen LogP contribution in [0.2, 0.25) is 0 Å². The molecule has 0 amide bonds. The Morgan fingerprint density at radius 1 is 1.82 bits per heavy atom. The average molecular weight is 171 g/mol. The second kappa shape index (κ2) is 3.48. The van der Waals surface area contributed by atoms with Crippen LogP contribution in [0.3, 0.4) is 0 Å². The first-order valence-corrected chi connectivity index (χ1v) is 4.23. The summed E-state index contributed by atoms with van der Waals surface area (Å²) in [4.78, 5) is 14.5. The third-order valence-electron chi connectivity index (χ3n) is 1.08. The van der Waals surface area contributed by atoms with Gasteiger partial charge in [-0.1, -0.05) is 6.92 Å². The van der Waals surface area contributed by atoms with Crippen molar-refractivity contribution in [1.82, 2.24) is 4.98 Å². The summed E-state index contributed by atoms with van der Waals surface area (Å²) in [5, 5.41) is 2.72. The van der Waals surface area contributed by atoms with Crippen LogP contribution in [0.25, 0.3) is 0 Å². The van der Waals surface area contributed by atoms with E-state index in [1.165, 1.54) is 18.3 Å². The molecule has 0 aliphatic heterocycles. The Morgan fingerprint density at radius 3 is 3.00 bits per heavy atom. The van der Waals surface area contributed by atoms with Gasteiger partial charge >= 0.3 is 5.97 Å². The Bertz CT molecular complexity index is 257. The van der Waals surface area contributed by atoms with Crippen LogP contribution in [0.4, 0.5) is 0 Å². The molecule has 1 rings (SSSR count). The van der Waals surface area contributed by atoms with Gasteiger partial charge in [0, 0.05) is 6.92 Å². The lowest BCUT2D eigenvalue weighted by molar-refractivity contribution is -0.132. The summed E-state index contributed by atoms with van der Waals surface area (Å²) in [7, 11) is 0. The molecule has 0 aliphatic carbocycles. The molecular weight excluding hydrogens is 162 g/mol. The Kier molecular flexibility index (Phi) is 2.59. The Hall–Kier alpha value is -0.900. The molecule has 60 valence electrons. The summed E-state index contributed by atoms with van der Waals surface area (Å²) >= 11 is 1.50. The summed E-state index contributed by atoms with van der Waals surface area (Å²) in [5.74, 6) is 0.0947. The van der Waals surface area contributed by atoms with E-state index in [4.69, 9.17) is 4.74 Å². The van der Waals surface area contributed by atoms with E-state index in [-0.39, 0.29) is 5.97 Å². The molecule has 0 bridgehead atoms. The van der Waals surface area contributed by atoms with Crippen LogP contribution in [0, 0.1) is 0 Å². The maximum atomic E-state index is 10.5. The number of ether oxygens (including phenoxy) is 1. The quantitative estimate of drug-likeness (QED) is 0.635. The average Bonchev–Trinajstić information content (AvgIpc) is 2.34. The lowest BCUT2D eigenvalue weighted by atomic mass is 10.5. The fraction of sp³-hybridized carbons (Fsp3) is 0.429. The molecule has 0 aromatic carbocycles. The molecule has 11 heavy (non-hydrogen) atoms. The van der Waals surface area contributed by atoms with Gasteiger partial charge in [-0.25, -0.2) is 4.98 Å². The van der Waals surface area contributed by atoms with Crippen LogP contribution in [0.5, 0.6) is 5.88 Å². The van der Waals surface area contributed by atoms with Crippen LogP contribution >= 0.6 is 11.3 Å². The summed E-state index contributed by atoms with van der Waals surface area (Å²) < 4.78 is 4.76. The van der Waals surface area contributed by atoms with Crippen LogP contribution in [-0.4, -0.2) is 11.0 Å². The van der Waals surface area contributed by atoms with Gasteiger partial charge in [0.15, 0.2) is 0 Å². The number of aryl methyl sites for hydroxylation is 1. The normalized spacial score (nSPS) is 9.64. The zero-order chi connectivity index (χ0) is 8.27. The van der Waals surface area contributed by atoms with Gasteiger partial charge in [-0.3, -0.25) is 4.79 Å². The molecule has 3 nitrogen and oxygen atoms in total. The minimum Gasteiger partial charge on any atom is -0.407 e. The minimum atomic E-state index is -0.321. The van der Waals surface area contributed by atoms with Gasteiger partial charge in [-0.15, -0.1) is 11.3 Å². The molecule has 0 radical (unpaired) electrons. The van der Waals surface area contributed by atoms with E-state index >= 15 is 0 Å². The molecule has 0 atom stereocenters. The molecule has 0 unspecified atom stereocenters. The SMILES string of the molecule is CCc1nc(OC(C)=O)cs1. The zero-order valence-electron chi connectivity index (χ0n) is 6.46. The number of nitrogens with zero attached hydrogens (tertiary/aromatic N) is 1. The molecule has 0 saturated heterocycles. The molecule has 1 aromatic heterocycles. The summed E-state index contributed by atoms with van der Waals surface area (Å²) in [6.07, 6.45) is 0.881. The Morgan fingerprint density at radius 2 is 2.55 bits per heavy atom.